The van der Waals surface area contributed by atoms with Crippen molar-refractivity contribution >= 4 is 5.91 Å². The van der Waals surface area contributed by atoms with Crippen molar-refractivity contribution in [1.82, 2.24) is 5.32 Å². The fourth-order valence-electron chi connectivity index (χ4n) is 3.02. The number of ether oxygens (including phenoxy) is 2. The first-order valence-corrected chi connectivity index (χ1v) is 9.62. The van der Waals surface area contributed by atoms with Crippen LogP contribution in [0.3, 0.4) is 0 Å². The predicted molar refractivity (Wildman–Crippen MR) is 110 cm³/mol. The highest BCUT2D eigenvalue weighted by molar-refractivity contribution is 5.94. The van der Waals surface area contributed by atoms with Crippen molar-refractivity contribution in [2.75, 3.05) is 13.7 Å². The number of hydrogen-bond acceptors (Lipinski definition) is 3. The van der Waals surface area contributed by atoms with Crippen LogP contribution in [0.1, 0.15) is 58.8 Å². The summed E-state index contributed by atoms with van der Waals surface area (Å²) in [5, 5.41) is 2.98. The summed E-state index contributed by atoms with van der Waals surface area (Å²) in [6.45, 7) is 9.40. The van der Waals surface area contributed by atoms with E-state index in [9.17, 15) is 4.79 Å². The number of aryl methyl sites for hydroxylation is 2. The van der Waals surface area contributed by atoms with Crippen LogP contribution >= 0.6 is 0 Å². The molecule has 1 N–H and O–H groups in total. The van der Waals surface area contributed by atoms with E-state index in [1.54, 1.807) is 13.2 Å². The third-order valence-electron chi connectivity index (χ3n) is 4.76. The molecule has 0 bridgehead atoms. The fraction of sp³-hybridized carbons (Fsp3) is 0.435. The van der Waals surface area contributed by atoms with Gasteiger partial charge >= 0.3 is 0 Å². The summed E-state index contributed by atoms with van der Waals surface area (Å²) in [4.78, 5) is 12.4. The lowest BCUT2D eigenvalue weighted by Gasteiger charge is -2.15. The lowest BCUT2D eigenvalue weighted by molar-refractivity contribution is 0.0952. The monoisotopic (exact) mass is 369 g/mol. The third-order valence-corrected chi connectivity index (χ3v) is 4.76. The Balaban J connectivity index is 2.12. The Kier molecular flexibility index (Phi) is 7.71. The highest BCUT2D eigenvalue weighted by Gasteiger charge is 2.12. The highest BCUT2D eigenvalue weighted by atomic mass is 16.5. The molecule has 1 amide bonds. The third kappa shape index (κ3) is 5.75. The van der Waals surface area contributed by atoms with Crippen LogP contribution in [0, 0.1) is 20.8 Å². The molecule has 0 aliphatic carbocycles. The molecule has 2 aromatic rings. The van der Waals surface area contributed by atoms with Crippen LogP contribution in [0.5, 0.6) is 11.5 Å². The zero-order valence-corrected chi connectivity index (χ0v) is 17.1. The second-order valence-electron chi connectivity index (χ2n) is 6.98. The Morgan fingerprint density at radius 2 is 1.81 bits per heavy atom. The Morgan fingerprint density at radius 1 is 1.04 bits per heavy atom. The van der Waals surface area contributed by atoms with Crippen LogP contribution in [0.25, 0.3) is 0 Å². The molecule has 0 radical (unpaired) electrons. The summed E-state index contributed by atoms with van der Waals surface area (Å²) < 4.78 is 11.5. The fourth-order valence-corrected chi connectivity index (χ4v) is 3.02. The maximum atomic E-state index is 12.4. The first kappa shape index (κ1) is 20.8. The van der Waals surface area contributed by atoms with Crippen molar-refractivity contribution in [2.45, 2.75) is 53.6 Å². The number of carbonyl (C=O) groups is 1. The number of benzene rings is 2. The topological polar surface area (TPSA) is 47.6 Å². The minimum absolute atomic E-state index is 0.0578. The second-order valence-corrected chi connectivity index (χ2v) is 6.98. The van der Waals surface area contributed by atoms with Gasteiger partial charge in [0.25, 0.3) is 5.91 Å². The normalized spacial score (nSPS) is 10.6. The van der Waals surface area contributed by atoms with Gasteiger partial charge in [-0.1, -0.05) is 25.8 Å². The zero-order valence-electron chi connectivity index (χ0n) is 17.1. The molecule has 0 saturated heterocycles. The van der Waals surface area contributed by atoms with E-state index in [-0.39, 0.29) is 5.91 Å². The van der Waals surface area contributed by atoms with Crippen molar-refractivity contribution in [3.63, 3.8) is 0 Å². The average Bonchev–Trinajstić information content (AvgIpc) is 2.66. The lowest BCUT2D eigenvalue weighted by Crippen LogP contribution is -2.24. The van der Waals surface area contributed by atoms with Gasteiger partial charge in [-0.2, -0.15) is 0 Å². The first-order chi connectivity index (χ1) is 13.0. The molecule has 4 nitrogen and oxygen atoms in total. The van der Waals surface area contributed by atoms with E-state index in [0.717, 1.165) is 41.9 Å². The van der Waals surface area contributed by atoms with Crippen molar-refractivity contribution < 1.29 is 14.3 Å². The second kappa shape index (κ2) is 10.0. The molecule has 0 heterocycles. The Morgan fingerprint density at radius 3 is 2.52 bits per heavy atom. The highest BCUT2D eigenvalue weighted by Crippen LogP contribution is 2.26. The van der Waals surface area contributed by atoms with E-state index >= 15 is 0 Å². The molecule has 146 valence electrons. The zero-order chi connectivity index (χ0) is 19.8. The summed E-state index contributed by atoms with van der Waals surface area (Å²) in [7, 11) is 1.63. The molecular formula is C23H31NO3. The summed E-state index contributed by atoms with van der Waals surface area (Å²) in [5.41, 5.74) is 4.99. The summed E-state index contributed by atoms with van der Waals surface area (Å²) in [6, 6.07) is 9.66. The number of methoxy groups -OCH3 is 1. The number of unbranched alkanes of at least 4 members (excludes halogenated alkanes) is 2. The Labute approximate surface area is 162 Å². The standard InChI is InChI=1S/C23H31NO3/c1-6-7-8-11-24-23(25)19-9-10-21(26-5)20(14-19)15-27-22-13-16(2)12-17(3)18(22)4/h9-10,12-14H,6-8,11,15H2,1-5H3,(H,24,25). The minimum Gasteiger partial charge on any atom is -0.496 e. The van der Waals surface area contributed by atoms with Gasteiger partial charge < -0.3 is 14.8 Å². The van der Waals surface area contributed by atoms with Crippen LogP contribution in [0.15, 0.2) is 30.3 Å². The molecule has 0 fully saturated rings. The van der Waals surface area contributed by atoms with Crippen molar-refractivity contribution in [3.05, 3.63) is 58.1 Å². The molecule has 2 rings (SSSR count). The van der Waals surface area contributed by atoms with Crippen LogP contribution in [-0.4, -0.2) is 19.6 Å². The van der Waals surface area contributed by atoms with Gasteiger partial charge in [0.05, 0.1) is 7.11 Å². The summed E-state index contributed by atoms with van der Waals surface area (Å²) >= 11 is 0. The maximum absolute atomic E-state index is 12.4. The average molecular weight is 370 g/mol. The SMILES string of the molecule is CCCCCNC(=O)c1ccc(OC)c(COc2cc(C)cc(C)c2C)c1. The van der Waals surface area contributed by atoms with Gasteiger partial charge in [0.2, 0.25) is 0 Å². The van der Waals surface area contributed by atoms with Gasteiger partial charge in [-0.25, -0.2) is 0 Å². The number of hydrogen-bond donors (Lipinski definition) is 1. The molecular weight excluding hydrogens is 338 g/mol. The van der Waals surface area contributed by atoms with E-state index in [0.29, 0.717) is 18.7 Å². The van der Waals surface area contributed by atoms with Gasteiger partial charge in [0.15, 0.2) is 0 Å². The molecule has 0 spiro atoms. The first-order valence-electron chi connectivity index (χ1n) is 9.62. The molecule has 0 aliphatic rings. The van der Waals surface area contributed by atoms with Crippen LogP contribution in [-0.2, 0) is 6.61 Å². The van der Waals surface area contributed by atoms with Gasteiger partial charge in [0, 0.05) is 17.7 Å². The van der Waals surface area contributed by atoms with Crippen molar-refractivity contribution in [2.24, 2.45) is 0 Å². The molecule has 2 aromatic carbocycles. The molecule has 0 aromatic heterocycles. The minimum atomic E-state index is -0.0578. The summed E-state index contributed by atoms with van der Waals surface area (Å²) in [5.74, 6) is 1.53. The van der Waals surface area contributed by atoms with Gasteiger partial charge in [-0.15, -0.1) is 0 Å². The van der Waals surface area contributed by atoms with Gasteiger partial charge in [-0.3, -0.25) is 4.79 Å². The van der Waals surface area contributed by atoms with E-state index in [2.05, 4.69) is 39.1 Å². The molecule has 0 unspecified atom stereocenters. The van der Waals surface area contributed by atoms with Crippen LogP contribution < -0.4 is 14.8 Å². The van der Waals surface area contributed by atoms with Crippen molar-refractivity contribution in [3.8, 4) is 11.5 Å². The largest absolute Gasteiger partial charge is 0.496 e. The molecule has 0 atom stereocenters. The van der Waals surface area contributed by atoms with Gasteiger partial charge in [-0.05, 0) is 68.1 Å². The van der Waals surface area contributed by atoms with E-state index in [1.165, 1.54) is 11.1 Å². The quantitative estimate of drug-likeness (QED) is 0.624. The van der Waals surface area contributed by atoms with E-state index in [4.69, 9.17) is 9.47 Å². The van der Waals surface area contributed by atoms with E-state index in [1.807, 2.05) is 18.2 Å². The number of rotatable bonds is 9. The number of amides is 1. The maximum Gasteiger partial charge on any atom is 0.251 e. The lowest BCUT2D eigenvalue weighted by atomic mass is 10.1. The number of carbonyl (C=O) groups excluding carboxylic acids is 1. The Hall–Kier alpha value is -2.49. The summed E-state index contributed by atoms with van der Waals surface area (Å²) in [6.07, 6.45) is 3.26. The van der Waals surface area contributed by atoms with E-state index < -0.39 is 0 Å². The Bertz CT molecular complexity index is 783. The number of nitrogens with one attached hydrogen (secondary N) is 1. The predicted octanol–water partition coefficient (Wildman–Crippen LogP) is 5.12. The van der Waals surface area contributed by atoms with Gasteiger partial charge in [0.1, 0.15) is 18.1 Å². The molecule has 0 aliphatic heterocycles. The smallest absolute Gasteiger partial charge is 0.251 e. The van der Waals surface area contributed by atoms with Crippen LogP contribution in [0.4, 0.5) is 0 Å². The van der Waals surface area contributed by atoms with Crippen LogP contribution in [0.2, 0.25) is 0 Å². The molecule has 27 heavy (non-hydrogen) atoms. The molecule has 4 heteroatoms. The van der Waals surface area contributed by atoms with Crippen molar-refractivity contribution in [1.29, 1.82) is 0 Å². The molecule has 0 saturated carbocycles.